The van der Waals surface area contributed by atoms with Gasteiger partial charge in [-0.1, -0.05) is 72.8 Å². The van der Waals surface area contributed by atoms with E-state index in [9.17, 15) is 14.4 Å². The third-order valence-corrected chi connectivity index (χ3v) is 10.3. The van der Waals surface area contributed by atoms with Crippen LogP contribution in [0.1, 0.15) is 59.6 Å². The Labute approximate surface area is 290 Å². The Kier molecular flexibility index (Phi) is 8.66. The van der Waals surface area contributed by atoms with Crippen molar-refractivity contribution < 1.29 is 23.8 Å². The average Bonchev–Trinajstić information content (AvgIpc) is 3.23. The van der Waals surface area contributed by atoms with Gasteiger partial charge in [-0.25, -0.2) is 4.79 Å². The van der Waals surface area contributed by atoms with Gasteiger partial charge in [-0.05, 0) is 49.1 Å². The number of ether oxygens (including phenoxy) is 3. The van der Waals surface area contributed by atoms with Crippen LogP contribution in [0.4, 0.5) is 4.79 Å². The van der Waals surface area contributed by atoms with Gasteiger partial charge >= 0.3 is 6.09 Å². The van der Waals surface area contributed by atoms with Crippen LogP contribution < -0.4 is 15.2 Å². The number of hydrogen-bond acceptors (Lipinski definition) is 8. The molecule has 3 aliphatic rings. The zero-order valence-electron chi connectivity index (χ0n) is 28.1. The molecule has 1 saturated heterocycles. The molecular weight excluding hydrogens is 641 g/mol. The van der Waals surface area contributed by atoms with Gasteiger partial charge in [0.2, 0.25) is 5.43 Å². The van der Waals surface area contributed by atoms with Crippen LogP contribution in [-0.4, -0.2) is 71.1 Å². The molecule has 0 N–H and O–H groups in total. The van der Waals surface area contributed by atoms with E-state index in [0.717, 1.165) is 32.9 Å². The predicted octanol–water partition coefficient (Wildman–Crippen LogP) is 5.81. The van der Waals surface area contributed by atoms with Gasteiger partial charge in [-0.2, -0.15) is 0 Å². The summed E-state index contributed by atoms with van der Waals surface area (Å²) in [6, 6.07) is 27.3. The molecule has 11 heteroatoms. The van der Waals surface area contributed by atoms with Crippen LogP contribution in [0.3, 0.4) is 0 Å². The first-order valence-corrected chi connectivity index (χ1v) is 17.4. The number of aromatic nitrogens is 1. The highest BCUT2D eigenvalue weighted by Gasteiger charge is 2.62. The van der Waals surface area contributed by atoms with E-state index >= 15 is 0 Å². The Morgan fingerprint density at radius 3 is 2.35 bits per heavy atom. The van der Waals surface area contributed by atoms with E-state index in [0.29, 0.717) is 0 Å². The number of hydrogen-bond donors (Lipinski definition) is 0. The molecule has 254 valence electrons. The molecule has 1 unspecified atom stereocenters. The minimum absolute atomic E-state index is 0.0218. The molecule has 0 aliphatic carbocycles. The first kappa shape index (κ1) is 32.8. The lowest BCUT2D eigenvalue weighted by molar-refractivity contribution is -0.0786. The second-order valence-electron chi connectivity index (χ2n) is 13.5. The topological polar surface area (TPSA) is 93.5 Å². The van der Waals surface area contributed by atoms with E-state index < -0.39 is 23.4 Å². The van der Waals surface area contributed by atoms with Crippen LogP contribution in [0.2, 0.25) is 0 Å². The summed E-state index contributed by atoms with van der Waals surface area (Å²) in [5, 5.41) is 2.18. The highest BCUT2D eigenvalue weighted by atomic mass is 32.2. The second kappa shape index (κ2) is 12.9. The lowest BCUT2D eigenvalue weighted by atomic mass is 9.87. The molecule has 1 fully saturated rings. The molecule has 7 rings (SSSR count). The maximum atomic E-state index is 14.9. The third kappa shape index (κ3) is 5.95. The number of benzene rings is 3. The predicted molar refractivity (Wildman–Crippen MR) is 187 cm³/mol. The Balaban J connectivity index is 1.45. The van der Waals surface area contributed by atoms with Crippen molar-refractivity contribution in [2.45, 2.75) is 55.3 Å². The number of likely N-dealkylation sites (tertiary alicyclic amines) is 1. The molecule has 4 heterocycles. The van der Waals surface area contributed by atoms with Gasteiger partial charge < -0.3 is 19.1 Å². The van der Waals surface area contributed by atoms with Crippen LogP contribution in [0.25, 0.3) is 0 Å². The van der Waals surface area contributed by atoms with E-state index in [2.05, 4.69) is 29.3 Å². The van der Waals surface area contributed by atoms with Gasteiger partial charge in [-0.3, -0.25) is 24.2 Å². The fourth-order valence-electron chi connectivity index (χ4n) is 6.94. The second-order valence-corrected chi connectivity index (χ2v) is 14.5. The summed E-state index contributed by atoms with van der Waals surface area (Å²) in [4.78, 5) is 46.4. The first-order chi connectivity index (χ1) is 23.6. The highest BCUT2D eigenvalue weighted by Crippen LogP contribution is 2.48. The van der Waals surface area contributed by atoms with Gasteiger partial charge in [0.15, 0.2) is 17.1 Å². The van der Waals surface area contributed by atoms with Gasteiger partial charge in [0.1, 0.15) is 12.2 Å². The van der Waals surface area contributed by atoms with E-state index in [1.165, 1.54) is 6.07 Å². The molecule has 4 aromatic rings. The van der Waals surface area contributed by atoms with Crippen molar-refractivity contribution in [2.24, 2.45) is 0 Å². The van der Waals surface area contributed by atoms with Gasteiger partial charge in [0.05, 0.1) is 25.7 Å². The summed E-state index contributed by atoms with van der Waals surface area (Å²) < 4.78 is 19.4. The van der Waals surface area contributed by atoms with Gasteiger partial charge in [-0.15, -0.1) is 11.8 Å². The van der Waals surface area contributed by atoms with Crippen LogP contribution >= 0.6 is 11.8 Å². The van der Waals surface area contributed by atoms with Crippen LogP contribution in [-0.2, 0) is 21.8 Å². The van der Waals surface area contributed by atoms with Crippen LogP contribution in [0.15, 0.2) is 101 Å². The number of carbonyl (C=O) groups is 2. The van der Waals surface area contributed by atoms with Crippen LogP contribution in [0.5, 0.6) is 5.75 Å². The largest absolute Gasteiger partial charge is 0.482 e. The number of thioether (sulfide) groups is 1. The molecule has 1 atom stereocenters. The number of amides is 2. The molecule has 3 aliphatic heterocycles. The summed E-state index contributed by atoms with van der Waals surface area (Å²) in [6.45, 7) is 6.45. The highest BCUT2D eigenvalue weighted by molar-refractivity contribution is 7.98. The molecule has 1 spiro atoms. The van der Waals surface area contributed by atoms with Gasteiger partial charge in [0, 0.05) is 36.6 Å². The maximum absolute atomic E-state index is 14.9. The minimum Gasteiger partial charge on any atom is -0.482 e. The summed E-state index contributed by atoms with van der Waals surface area (Å²) in [7, 11) is 1.59. The number of pyridine rings is 1. The summed E-state index contributed by atoms with van der Waals surface area (Å²) in [6.07, 6.45) is 1.21. The normalized spacial score (nSPS) is 17.8. The number of nitrogens with zero attached hydrogens (tertiary/aromatic N) is 4. The van der Waals surface area contributed by atoms with Crippen molar-refractivity contribution in [1.82, 2.24) is 14.5 Å². The van der Waals surface area contributed by atoms with Crippen molar-refractivity contribution in [1.29, 1.82) is 0 Å². The Morgan fingerprint density at radius 1 is 0.918 bits per heavy atom. The number of methoxy groups -OCH3 is 1. The molecule has 0 bridgehead atoms. The number of carbonyl (C=O) groups excluding carboxylic acids is 2. The summed E-state index contributed by atoms with van der Waals surface area (Å²) in [5.74, 6) is 0.373. The van der Waals surface area contributed by atoms with Crippen molar-refractivity contribution in [3.8, 4) is 5.75 Å². The Morgan fingerprint density at radius 2 is 1.61 bits per heavy atom. The fourth-order valence-corrected chi connectivity index (χ4v) is 8.04. The molecule has 0 radical (unpaired) electrons. The Hall–Kier alpha value is -4.74. The van der Waals surface area contributed by atoms with Gasteiger partial charge in [0.25, 0.3) is 5.91 Å². The van der Waals surface area contributed by atoms with Crippen molar-refractivity contribution in [3.63, 3.8) is 0 Å². The maximum Gasteiger partial charge on any atom is 0.410 e. The molecule has 2 amide bonds. The molecule has 49 heavy (non-hydrogen) atoms. The zero-order chi connectivity index (χ0) is 34.3. The SMILES string of the molecule is COCCN1C(=O)c2c(OCc3ccccc3)c(=O)ccn2N(C2c3ccccc3CSc3ccccc32)C12CN(C(=O)OC(C)(C)C)C2. The monoisotopic (exact) mass is 680 g/mol. The number of fused-ring (bicyclic) bond motifs is 3. The number of rotatable bonds is 7. The van der Waals surface area contributed by atoms with Crippen LogP contribution in [0, 0.1) is 0 Å². The summed E-state index contributed by atoms with van der Waals surface area (Å²) >= 11 is 1.77. The molecule has 10 nitrogen and oxygen atoms in total. The van der Waals surface area contributed by atoms with Crippen molar-refractivity contribution in [3.05, 3.63) is 129 Å². The van der Waals surface area contributed by atoms with Crippen molar-refractivity contribution >= 4 is 23.8 Å². The first-order valence-electron chi connectivity index (χ1n) is 16.4. The standard InChI is InChI=1S/C38H40N4O6S/c1-37(2,3)48-36(45)39-24-38(25-39)40(20-21-46-4)35(44)33-34(47-22-26-12-6-5-7-13-26)30(43)18-19-41(33)42(38)32-28-15-9-8-14-27(28)23-49-31-17-11-10-16-29(31)32/h5-19,32H,20-25H2,1-4H3. The third-order valence-electron chi connectivity index (χ3n) is 9.12. The van der Waals surface area contributed by atoms with E-state index in [1.54, 1.807) is 39.5 Å². The lowest BCUT2D eigenvalue weighted by Gasteiger charge is -2.64. The summed E-state index contributed by atoms with van der Waals surface area (Å²) in [5.41, 5.74) is 2.20. The van der Waals surface area contributed by atoms with E-state index in [1.807, 2.05) is 75.4 Å². The molecule has 3 aromatic carbocycles. The van der Waals surface area contributed by atoms with E-state index in [4.69, 9.17) is 14.2 Å². The lowest BCUT2D eigenvalue weighted by Crippen LogP contribution is -2.84. The molecule has 1 aromatic heterocycles. The van der Waals surface area contributed by atoms with Crippen molar-refractivity contribution in [2.75, 3.05) is 38.4 Å². The van der Waals surface area contributed by atoms with E-state index in [-0.39, 0.29) is 55.6 Å². The molecular formula is C38H40N4O6S. The minimum atomic E-state index is -1.02. The quantitative estimate of drug-likeness (QED) is 0.242. The fraction of sp³-hybridized carbons (Fsp3) is 0.342. The zero-order valence-corrected chi connectivity index (χ0v) is 28.9. The smallest absolute Gasteiger partial charge is 0.410 e. The molecule has 0 saturated carbocycles. The Bertz CT molecular complexity index is 1890. The average molecular weight is 681 g/mol.